The second-order valence-corrected chi connectivity index (χ2v) is 14.0. The van der Waals surface area contributed by atoms with E-state index in [9.17, 15) is 19.2 Å². The molecule has 0 aromatic rings. The second kappa shape index (κ2) is 22.0. The first-order valence-electron chi connectivity index (χ1n) is 14.8. The molecule has 15 heteroatoms. The average molecular weight is 722 g/mol. The van der Waals surface area contributed by atoms with Gasteiger partial charge in [0, 0.05) is 13.2 Å². The largest absolute Gasteiger partial charge is 2.00 e. The minimum atomic E-state index is -0.918. The number of halogens is 1. The zero-order valence-corrected chi connectivity index (χ0v) is 32.6. The van der Waals surface area contributed by atoms with E-state index in [1.165, 1.54) is 30.7 Å². The first-order valence-corrected chi connectivity index (χ1v) is 14.8. The summed E-state index contributed by atoms with van der Waals surface area (Å²) in [5.41, 5.74) is -0.0712. The maximum Gasteiger partial charge on any atom is 2.00 e. The Balaban J connectivity index is -0.000000293. The molecular weight excluding hydrogens is 665 g/mol. The molecule has 13 nitrogen and oxygen atoms in total. The van der Waals surface area contributed by atoms with Crippen LogP contribution in [0.3, 0.4) is 0 Å². The Kier molecular flexibility index (Phi) is 23.3. The van der Waals surface area contributed by atoms with Gasteiger partial charge in [-0.1, -0.05) is 10.2 Å². The van der Waals surface area contributed by atoms with Crippen LogP contribution in [-0.4, -0.2) is 94.1 Å². The van der Waals surface area contributed by atoms with Gasteiger partial charge in [-0.25, -0.2) is 42.5 Å². The first-order chi connectivity index (χ1) is 19.5. The number of nitrogens with one attached hydrogen (secondary N) is 1. The smallest absolute Gasteiger partial charge is 1.00 e. The van der Waals surface area contributed by atoms with Gasteiger partial charge >= 0.3 is 47.4 Å². The number of nitrogens with zero attached hydrogens (tertiary/aromatic N) is 3. The molecule has 1 aliphatic heterocycles. The molecule has 0 aromatic carbocycles. The molecule has 2 saturated carbocycles. The molecule has 0 bridgehead atoms. The Labute approximate surface area is 298 Å². The van der Waals surface area contributed by atoms with Crippen LogP contribution in [0.15, 0.2) is 10.2 Å². The molecule has 0 unspecified atom stereocenters. The molecule has 4 amide bonds. The standard InChI is InChI=1S/C13H24N2O4.C10H18N2O4.C4H8O.C3H5.BrH.Mg.H/c1-12(2,3)18-10(16)14-15(9-7-8-9)11(17)19-13(4,5)6;1-9(2,3)15-7(13)11-12-8(14)16-10(4,5)6;1-2-4-5-3-1;1-2-3-1;;;/h9H,7-8H2,1-6H3,(H,14,16);1-6H3;1-4H2;1H,2-3H2;1H;;/q;;;-1;;+2;-1. The van der Waals surface area contributed by atoms with Gasteiger partial charge < -0.3 is 31.5 Å². The molecule has 0 radical (unpaired) electrons. The molecule has 2 aliphatic carbocycles. The predicted octanol–water partition coefficient (Wildman–Crippen LogP) is 8.23. The summed E-state index contributed by atoms with van der Waals surface area (Å²) < 4.78 is 24.9. The number of carbonyl (C=O) groups is 4. The van der Waals surface area contributed by atoms with Gasteiger partial charge in [0.15, 0.2) is 0 Å². The van der Waals surface area contributed by atoms with Crippen LogP contribution in [0.2, 0.25) is 0 Å². The molecule has 3 fully saturated rings. The Morgan fingerprint density at radius 2 is 1.07 bits per heavy atom. The van der Waals surface area contributed by atoms with Crippen molar-refractivity contribution in [2.45, 2.75) is 150 Å². The summed E-state index contributed by atoms with van der Waals surface area (Å²) >= 11 is 0. The van der Waals surface area contributed by atoms with Crippen LogP contribution in [0, 0.1) is 6.42 Å². The van der Waals surface area contributed by atoms with E-state index in [0.717, 1.165) is 26.1 Å². The normalized spacial score (nSPS) is 15.4. The second-order valence-electron chi connectivity index (χ2n) is 14.0. The van der Waals surface area contributed by atoms with E-state index in [1.54, 1.807) is 83.1 Å². The number of carbonyl (C=O) groups excluding carboxylic acids is 4. The van der Waals surface area contributed by atoms with E-state index in [2.05, 4.69) is 22.1 Å². The van der Waals surface area contributed by atoms with Crippen LogP contribution in [0.4, 0.5) is 19.2 Å². The topological polar surface area (TPSA) is 154 Å². The van der Waals surface area contributed by atoms with Gasteiger partial charge in [0.2, 0.25) is 0 Å². The molecule has 3 aliphatic rings. The minimum absolute atomic E-state index is 0. The van der Waals surface area contributed by atoms with Gasteiger partial charge in [0.1, 0.15) is 22.4 Å². The van der Waals surface area contributed by atoms with E-state index < -0.39 is 46.8 Å². The zero-order valence-electron chi connectivity index (χ0n) is 30.4. The van der Waals surface area contributed by atoms with Crippen molar-refractivity contribution in [3.05, 3.63) is 6.42 Å². The molecule has 260 valence electrons. The number of rotatable bonds is 1. The summed E-state index contributed by atoms with van der Waals surface area (Å²) in [6, 6.07) is 0.00219. The van der Waals surface area contributed by atoms with E-state index in [4.69, 9.17) is 23.7 Å². The van der Waals surface area contributed by atoms with Gasteiger partial charge in [0.05, 0.1) is 6.04 Å². The van der Waals surface area contributed by atoms with Crippen LogP contribution in [0.25, 0.3) is 0 Å². The van der Waals surface area contributed by atoms with Crippen molar-refractivity contribution in [1.29, 1.82) is 0 Å². The van der Waals surface area contributed by atoms with Crippen molar-refractivity contribution in [3.8, 4) is 0 Å². The summed E-state index contributed by atoms with van der Waals surface area (Å²) in [6.07, 6.45) is 6.23. The molecule has 0 atom stereocenters. The number of hydrogen-bond donors (Lipinski definition) is 1. The quantitative estimate of drug-likeness (QED) is 0.0927. The van der Waals surface area contributed by atoms with Gasteiger partial charge in [-0.15, -0.1) is 17.0 Å². The minimum Gasteiger partial charge on any atom is -1.00 e. The number of hydrogen-bond acceptors (Lipinski definition) is 9. The molecule has 1 heterocycles. The third-order valence-corrected chi connectivity index (χ3v) is 4.23. The van der Waals surface area contributed by atoms with Crippen molar-refractivity contribution in [2.24, 2.45) is 10.2 Å². The van der Waals surface area contributed by atoms with Crippen molar-refractivity contribution >= 4 is 64.4 Å². The van der Waals surface area contributed by atoms with E-state index in [-0.39, 0.29) is 47.5 Å². The molecule has 1 N–H and O–H groups in total. The number of hydrazine groups is 1. The van der Waals surface area contributed by atoms with Crippen LogP contribution < -0.4 is 5.43 Å². The number of ether oxygens (including phenoxy) is 5. The molecule has 0 spiro atoms. The van der Waals surface area contributed by atoms with Gasteiger partial charge in [-0.2, -0.15) is 0 Å². The van der Waals surface area contributed by atoms with Crippen molar-refractivity contribution in [1.82, 2.24) is 10.4 Å². The van der Waals surface area contributed by atoms with Crippen LogP contribution in [-0.2, 0) is 23.7 Å². The summed E-state index contributed by atoms with van der Waals surface area (Å²) in [5, 5.41) is 7.39. The van der Waals surface area contributed by atoms with Crippen LogP contribution >= 0.6 is 17.0 Å². The third-order valence-electron chi connectivity index (χ3n) is 4.23. The van der Waals surface area contributed by atoms with Gasteiger partial charge in [0.25, 0.3) is 0 Å². The van der Waals surface area contributed by atoms with Crippen molar-refractivity contribution in [2.75, 3.05) is 13.2 Å². The molecule has 45 heavy (non-hydrogen) atoms. The van der Waals surface area contributed by atoms with Crippen LogP contribution in [0.5, 0.6) is 0 Å². The maximum atomic E-state index is 12.0. The molecule has 1 saturated heterocycles. The summed E-state index contributed by atoms with van der Waals surface area (Å²) in [7, 11) is 0. The Morgan fingerprint density at radius 3 is 1.31 bits per heavy atom. The third kappa shape index (κ3) is 35.0. The van der Waals surface area contributed by atoms with Crippen molar-refractivity contribution in [3.63, 3.8) is 0 Å². The van der Waals surface area contributed by atoms with Gasteiger partial charge in [-0.3, -0.25) is 0 Å². The van der Waals surface area contributed by atoms with Crippen molar-refractivity contribution < 1.29 is 44.3 Å². The molecule has 3 rings (SSSR count). The Bertz CT molecular complexity index is 881. The van der Waals surface area contributed by atoms with Crippen LogP contribution in [0.1, 0.15) is 123 Å². The van der Waals surface area contributed by atoms with E-state index >= 15 is 0 Å². The fourth-order valence-corrected chi connectivity index (χ4v) is 2.49. The van der Waals surface area contributed by atoms with E-state index in [1.807, 2.05) is 0 Å². The monoisotopic (exact) mass is 720 g/mol. The number of azo groups is 1. The average Bonchev–Trinajstić information content (AvgIpc) is 3.73. The maximum absolute atomic E-state index is 12.0. The SMILES string of the molecule is Br.C1CCOC1.CC(C)(C)OC(=O)N=NC(=O)OC(C)(C)C.CC(C)(C)OC(=O)NN(C(=O)OC(C)(C)C)C1CC1.[CH-]1CC1.[H-].[Mg+2]. The Morgan fingerprint density at radius 1 is 0.711 bits per heavy atom. The molecule has 0 aromatic heterocycles. The summed E-state index contributed by atoms with van der Waals surface area (Å²) in [6.45, 7) is 22.8. The summed E-state index contributed by atoms with van der Waals surface area (Å²) in [4.78, 5) is 45.7. The predicted molar refractivity (Wildman–Crippen MR) is 179 cm³/mol. The van der Waals surface area contributed by atoms with E-state index in [0.29, 0.717) is 0 Å². The first kappa shape index (κ1) is 47.7. The fraction of sp³-hybridized carbons (Fsp3) is 0.833. The van der Waals surface area contributed by atoms with Gasteiger partial charge in [-0.05, 0) is 109 Å². The zero-order chi connectivity index (χ0) is 33.5. The Hall–Kier alpha value is -1.71. The fourth-order valence-electron chi connectivity index (χ4n) is 2.49. The molecular formula is C30H57BrMgN4O9. The summed E-state index contributed by atoms with van der Waals surface area (Å²) in [5.74, 6) is 0. The number of amides is 4.